The predicted octanol–water partition coefficient (Wildman–Crippen LogP) is 4.05. The number of carboxylic acids is 1. The molecule has 0 aliphatic rings. The van der Waals surface area contributed by atoms with Crippen LogP contribution in [0.1, 0.15) is 31.2 Å². The molecule has 0 atom stereocenters. The second-order valence-corrected chi connectivity index (χ2v) is 5.29. The van der Waals surface area contributed by atoms with E-state index in [-0.39, 0.29) is 23.0 Å². The fourth-order valence-electron chi connectivity index (χ4n) is 1.61. The first-order valence-electron chi connectivity index (χ1n) is 6.08. The Kier molecular flexibility index (Phi) is 6.19. The van der Waals surface area contributed by atoms with Gasteiger partial charge < -0.3 is 10.4 Å². The van der Waals surface area contributed by atoms with Gasteiger partial charge in [-0.3, -0.25) is 9.59 Å². The minimum Gasteiger partial charge on any atom is -0.481 e. The van der Waals surface area contributed by atoms with E-state index in [0.717, 1.165) is 12.1 Å². The number of nitrogens with one attached hydrogen (secondary N) is 1. The van der Waals surface area contributed by atoms with E-state index >= 15 is 0 Å². The van der Waals surface area contributed by atoms with Crippen LogP contribution in [0.4, 0.5) is 18.9 Å². The van der Waals surface area contributed by atoms with Crippen molar-refractivity contribution in [1.29, 1.82) is 0 Å². The highest BCUT2D eigenvalue weighted by atomic mass is 79.9. The van der Waals surface area contributed by atoms with Crippen molar-refractivity contribution in [3.05, 3.63) is 28.2 Å². The molecular formula is C13H13BrF3NO3. The number of hydrogen-bond donors (Lipinski definition) is 2. The first-order valence-corrected chi connectivity index (χ1v) is 6.87. The van der Waals surface area contributed by atoms with Crippen LogP contribution in [0.3, 0.4) is 0 Å². The zero-order chi connectivity index (χ0) is 16.0. The molecule has 2 N–H and O–H groups in total. The maximum atomic E-state index is 12.6. The Balaban J connectivity index is 2.60. The summed E-state index contributed by atoms with van der Waals surface area (Å²) >= 11 is 2.96. The van der Waals surface area contributed by atoms with Crippen molar-refractivity contribution in [1.82, 2.24) is 0 Å². The second-order valence-electron chi connectivity index (χ2n) is 4.38. The summed E-state index contributed by atoms with van der Waals surface area (Å²) in [4.78, 5) is 21.9. The lowest BCUT2D eigenvalue weighted by atomic mass is 10.1. The van der Waals surface area contributed by atoms with Gasteiger partial charge in [0.15, 0.2) is 0 Å². The van der Waals surface area contributed by atoms with E-state index < -0.39 is 23.6 Å². The van der Waals surface area contributed by atoms with Crippen LogP contribution in [0.2, 0.25) is 0 Å². The second kappa shape index (κ2) is 7.44. The van der Waals surface area contributed by atoms with E-state index in [1.807, 2.05) is 0 Å². The number of rotatable bonds is 6. The third-order valence-corrected chi connectivity index (χ3v) is 3.01. The molecule has 21 heavy (non-hydrogen) atoms. The van der Waals surface area contributed by atoms with Crippen LogP contribution in [0.25, 0.3) is 0 Å². The quantitative estimate of drug-likeness (QED) is 0.745. The number of amides is 1. The summed E-state index contributed by atoms with van der Waals surface area (Å²) < 4.78 is 38.1. The lowest BCUT2D eigenvalue weighted by molar-refractivity contribution is -0.138. The molecule has 0 spiro atoms. The molecule has 0 bridgehead atoms. The minimum atomic E-state index is -4.50. The molecular weight excluding hydrogens is 355 g/mol. The van der Waals surface area contributed by atoms with Crippen molar-refractivity contribution in [3.63, 3.8) is 0 Å². The number of halogens is 4. The fraction of sp³-hybridized carbons (Fsp3) is 0.385. The SMILES string of the molecule is O=C(O)CCCCC(=O)Nc1cc(Br)cc(C(F)(F)F)c1. The molecule has 1 rings (SSSR count). The molecule has 4 nitrogen and oxygen atoms in total. The van der Waals surface area contributed by atoms with Gasteiger partial charge in [-0.1, -0.05) is 15.9 Å². The standard InChI is InChI=1S/C13H13BrF3NO3/c14-9-5-8(13(15,16)17)6-10(7-9)18-11(19)3-1-2-4-12(20)21/h5-7H,1-4H2,(H,18,19)(H,20,21). The van der Waals surface area contributed by atoms with Gasteiger partial charge in [0.2, 0.25) is 5.91 Å². The van der Waals surface area contributed by atoms with Crippen LogP contribution >= 0.6 is 15.9 Å². The van der Waals surface area contributed by atoms with Crippen LogP contribution in [0.5, 0.6) is 0 Å². The van der Waals surface area contributed by atoms with Crippen molar-refractivity contribution in [2.45, 2.75) is 31.9 Å². The molecule has 0 unspecified atom stereocenters. The average molecular weight is 368 g/mol. The largest absolute Gasteiger partial charge is 0.481 e. The highest BCUT2D eigenvalue weighted by Crippen LogP contribution is 2.33. The van der Waals surface area contributed by atoms with Crippen molar-refractivity contribution < 1.29 is 27.9 Å². The van der Waals surface area contributed by atoms with E-state index in [1.54, 1.807) is 0 Å². The Hall–Kier alpha value is -1.57. The van der Waals surface area contributed by atoms with Crippen molar-refractivity contribution >= 4 is 33.5 Å². The van der Waals surface area contributed by atoms with Crippen LogP contribution in [-0.4, -0.2) is 17.0 Å². The summed E-state index contributed by atoms with van der Waals surface area (Å²) in [6, 6.07) is 3.13. The number of carbonyl (C=O) groups is 2. The van der Waals surface area contributed by atoms with Crippen molar-refractivity contribution in [2.24, 2.45) is 0 Å². The Labute approximate surface area is 127 Å². The zero-order valence-electron chi connectivity index (χ0n) is 10.8. The molecule has 0 fully saturated rings. The molecule has 0 saturated carbocycles. The normalized spacial score (nSPS) is 11.2. The number of alkyl halides is 3. The maximum Gasteiger partial charge on any atom is 0.416 e. The first kappa shape index (κ1) is 17.5. The summed E-state index contributed by atoms with van der Waals surface area (Å²) in [7, 11) is 0. The summed E-state index contributed by atoms with van der Waals surface area (Å²) in [6.07, 6.45) is -3.78. The van der Waals surface area contributed by atoms with E-state index in [4.69, 9.17) is 5.11 Å². The Morgan fingerprint density at radius 3 is 2.33 bits per heavy atom. The molecule has 0 heterocycles. The van der Waals surface area contributed by atoms with Gasteiger partial charge in [0, 0.05) is 23.0 Å². The zero-order valence-corrected chi connectivity index (χ0v) is 12.4. The summed E-state index contributed by atoms with van der Waals surface area (Å²) in [6.45, 7) is 0. The maximum absolute atomic E-state index is 12.6. The highest BCUT2D eigenvalue weighted by Gasteiger charge is 2.31. The number of anilines is 1. The number of carboxylic acid groups (broad SMARTS) is 1. The molecule has 0 saturated heterocycles. The topological polar surface area (TPSA) is 66.4 Å². The molecule has 0 radical (unpaired) electrons. The monoisotopic (exact) mass is 367 g/mol. The van der Waals surface area contributed by atoms with Gasteiger partial charge in [-0.25, -0.2) is 0 Å². The molecule has 116 valence electrons. The first-order chi connectivity index (χ1) is 9.68. The summed E-state index contributed by atoms with van der Waals surface area (Å²) in [5, 5.41) is 10.8. The van der Waals surface area contributed by atoms with E-state index in [1.165, 1.54) is 6.07 Å². The smallest absolute Gasteiger partial charge is 0.416 e. The third kappa shape index (κ3) is 6.61. The van der Waals surface area contributed by atoms with Gasteiger partial charge in [0.1, 0.15) is 0 Å². The Morgan fingerprint density at radius 2 is 1.76 bits per heavy atom. The van der Waals surface area contributed by atoms with Gasteiger partial charge in [0.25, 0.3) is 0 Å². The van der Waals surface area contributed by atoms with Gasteiger partial charge >= 0.3 is 12.1 Å². The predicted molar refractivity (Wildman–Crippen MR) is 73.9 cm³/mol. The number of aliphatic carboxylic acids is 1. The van der Waals surface area contributed by atoms with Crippen LogP contribution in [-0.2, 0) is 15.8 Å². The molecule has 8 heteroatoms. The molecule has 1 aromatic carbocycles. The molecule has 0 aromatic heterocycles. The van der Waals surface area contributed by atoms with E-state index in [2.05, 4.69) is 21.2 Å². The third-order valence-electron chi connectivity index (χ3n) is 2.55. The number of benzene rings is 1. The molecule has 0 aliphatic heterocycles. The summed E-state index contributed by atoms with van der Waals surface area (Å²) in [5.74, 6) is -1.40. The van der Waals surface area contributed by atoms with Crippen LogP contribution in [0.15, 0.2) is 22.7 Å². The van der Waals surface area contributed by atoms with Gasteiger partial charge in [0.05, 0.1) is 5.56 Å². The highest BCUT2D eigenvalue weighted by molar-refractivity contribution is 9.10. The van der Waals surface area contributed by atoms with Gasteiger partial charge in [-0.2, -0.15) is 13.2 Å². The van der Waals surface area contributed by atoms with Crippen molar-refractivity contribution in [2.75, 3.05) is 5.32 Å². The van der Waals surface area contributed by atoms with Crippen LogP contribution < -0.4 is 5.32 Å². The van der Waals surface area contributed by atoms with Gasteiger partial charge in [-0.15, -0.1) is 0 Å². The van der Waals surface area contributed by atoms with Crippen LogP contribution in [0, 0.1) is 0 Å². The van der Waals surface area contributed by atoms with E-state index in [0.29, 0.717) is 12.8 Å². The number of carbonyl (C=O) groups excluding carboxylic acids is 1. The minimum absolute atomic E-state index is 0.0393. The van der Waals surface area contributed by atoms with Crippen molar-refractivity contribution in [3.8, 4) is 0 Å². The molecule has 0 aliphatic carbocycles. The van der Waals surface area contributed by atoms with Gasteiger partial charge in [-0.05, 0) is 31.0 Å². The fourth-order valence-corrected chi connectivity index (χ4v) is 2.10. The lowest BCUT2D eigenvalue weighted by Crippen LogP contribution is -2.13. The average Bonchev–Trinajstić information content (AvgIpc) is 2.32. The molecule has 1 aromatic rings. The molecule has 1 amide bonds. The van der Waals surface area contributed by atoms with E-state index in [9.17, 15) is 22.8 Å². The lowest BCUT2D eigenvalue weighted by Gasteiger charge is -2.11. The number of hydrogen-bond acceptors (Lipinski definition) is 2. The Morgan fingerprint density at radius 1 is 1.14 bits per heavy atom. The number of unbranched alkanes of at least 4 members (excludes halogenated alkanes) is 1. The summed E-state index contributed by atoms with van der Waals surface area (Å²) in [5.41, 5.74) is -0.821. The Bertz CT molecular complexity index is 532.